The van der Waals surface area contributed by atoms with E-state index in [-0.39, 0.29) is 13.1 Å². The van der Waals surface area contributed by atoms with E-state index in [9.17, 15) is 24.3 Å². The molecule has 0 fully saturated rings. The molecule has 0 aliphatic heterocycles. The minimum atomic E-state index is -1.33. The Labute approximate surface area is 201 Å². The maximum atomic E-state index is 13.5. The number of aliphatic hydroxyl groups is 1. The minimum Gasteiger partial charge on any atom is -0.468 e. The molecule has 3 amide bonds. The summed E-state index contributed by atoms with van der Waals surface area (Å²) in [7, 11) is 1.21. The van der Waals surface area contributed by atoms with E-state index in [1.54, 1.807) is 45.0 Å². The summed E-state index contributed by atoms with van der Waals surface area (Å²) in [5, 5.41) is 14.8. The lowest BCUT2D eigenvalue weighted by Crippen LogP contribution is -2.54. The molecule has 2 unspecified atom stereocenters. The van der Waals surface area contributed by atoms with Crippen LogP contribution in [0.3, 0.4) is 0 Å². The Morgan fingerprint density at radius 2 is 1.74 bits per heavy atom. The van der Waals surface area contributed by atoms with Crippen LogP contribution in [-0.4, -0.2) is 72.3 Å². The summed E-state index contributed by atoms with van der Waals surface area (Å²) in [5.41, 5.74) is 0.683. The number of unbranched alkanes of at least 4 members (excludes halogenated alkanes) is 1. The number of esters is 1. The number of carbonyl (C=O) groups is 4. The first-order valence-electron chi connectivity index (χ1n) is 11.2. The van der Waals surface area contributed by atoms with Gasteiger partial charge in [-0.15, -0.1) is 0 Å². The van der Waals surface area contributed by atoms with Crippen LogP contribution in [0, 0.1) is 6.92 Å². The van der Waals surface area contributed by atoms with Crippen molar-refractivity contribution < 1.29 is 33.8 Å². The molecule has 0 saturated carbocycles. The van der Waals surface area contributed by atoms with Gasteiger partial charge in [0.2, 0.25) is 11.8 Å². The average molecular weight is 480 g/mol. The first kappa shape index (κ1) is 28.9. The molecule has 0 aliphatic rings. The summed E-state index contributed by atoms with van der Waals surface area (Å²) in [5.74, 6) is -1.88. The third-order valence-electron chi connectivity index (χ3n) is 4.80. The van der Waals surface area contributed by atoms with Crippen molar-refractivity contribution in [2.75, 3.05) is 26.8 Å². The summed E-state index contributed by atoms with van der Waals surface area (Å²) >= 11 is 0. The highest BCUT2D eigenvalue weighted by Crippen LogP contribution is 2.24. The molecule has 1 aromatic carbocycles. The molecule has 10 heteroatoms. The zero-order valence-electron chi connectivity index (χ0n) is 20.8. The van der Waals surface area contributed by atoms with Gasteiger partial charge in [-0.1, -0.05) is 43.2 Å². The number of hydrogen-bond acceptors (Lipinski definition) is 7. The fourth-order valence-electron chi connectivity index (χ4n) is 3.08. The van der Waals surface area contributed by atoms with Crippen molar-refractivity contribution in [3.8, 4) is 0 Å². The second-order valence-corrected chi connectivity index (χ2v) is 8.87. The van der Waals surface area contributed by atoms with Crippen molar-refractivity contribution in [2.24, 2.45) is 0 Å². The van der Waals surface area contributed by atoms with Crippen molar-refractivity contribution in [3.63, 3.8) is 0 Å². The van der Waals surface area contributed by atoms with Crippen molar-refractivity contribution in [1.29, 1.82) is 0 Å². The standard InChI is InChI=1S/C24H37N3O7/c1-7-8-13-27(22(31)18(15-28)26-23(32)34-24(3,4)5)20(17-11-9-16(2)10-12-17)21(30)25-14-19(29)33-6/h9-12,18,20,28H,7-8,13-15H2,1-6H3,(H,25,30)(H,26,32). The topological polar surface area (TPSA) is 134 Å². The number of hydrogen-bond donors (Lipinski definition) is 3. The molecule has 34 heavy (non-hydrogen) atoms. The molecule has 0 aromatic heterocycles. The summed E-state index contributed by atoms with van der Waals surface area (Å²) in [6, 6.07) is 4.63. The number of aliphatic hydroxyl groups excluding tert-OH is 1. The van der Waals surface area contributed by atoms with Gasteiger partial charge in [0, 0.05) is 6.54 Å². The molecule has 0 heterocycles. The zero-order valence-corrected chi connectivity index (χ0v) is 20.8. The number of carbonyl (C=O) groups excluding carboxylic acids is 4. The summed E-state index contributed by atoms with van der Waals surface area (Å²) < 4.78 is 9.79. The van der Waals surface area contributed by atoms with Gasteiger partial charge >= 0.3 is 12.1 Å². The van der Waals surface area contributed by atoms with Crippen LogP contribution in [0.1, 0.15) is 57.7 Å². The first-order valence-corrected chi connectivity index (χ1v) is 11.2. The van der Waals surface area contributed by atoms with Gasteiger partial charge in [0.25, 0.3) is 0 Å². The molecule has 3 N–H and O–H groups in total. The van der Waals surface area contributed by atoms with Gasteiger partial charge in [-0.3, -0.25) is 14.4 Å². The molecule has 0 radical (unpaired) electrons. The number of rotatable bonds is 11. The summed E-state index contributed by atoms with van der Waals surface area (Å²) in [4.78, 5) is 51.8. The molecule has 0 spiro atoms. The van der Waals surface area contributed by atoms with Crippen molar-refractivity contribution in [3.05, 3.63) is 35.4 Å². The number of amides is 3. The van der Waals surface area contributed by atoms with E-state index in [0.29, 0.717) is 12.0 Å². The monoisotopic (exact) mass is 479 g/mol. The number of ether oxygens (including phenoxy) is 2. The quantitative estimate of drug-likeness (QED) is 0.412. The Kier molecular flexibility index (Phi) is 11.5. The van der Waals surface area contributed by atoms with Gasteiger partial charge in [0.1, 0.15) is 24.2 Å². The highest BCUT2D eigenvalue weighted by Gasteiger charge is 2.36. The average Bonchev–Trinajstić information content (AvgIpc) is 2.77. The van der Waals surface area contributed by atoms with E-state index in [2.05, 4.69) is 15.4 Å². The zero-order chi connectivity index (χ0) is 25.9. The van der Waals surface area contributed by atoms with Gasteiger partial charge in [-0.05, 0) is 39.7 Å². The van der Waals surface area contributed by atoms with E-state index in [4.69, 9.17) is 4.74 Å². The Hall–Kier alpha value is -3.14. The van der Waals surface area contributed by atoms with Gasteiger partial charge in [0.15, 0.2) is 0 Å². The summed E-state index contributed by atoms with van der Waals surface area (Å²) in [6.45, 7) is 7.98. The number of methoxy groups -OCH3 is 1. The van der Waals surface area contributed by atoms with E-state index < -0.39 is 48.2 Å². The Bertz CT molecular complexity index is 834. The fourth-order valence-corrected chi connectivity index (χ4v) is 3.08. The smallest absolute Gasteiger partial charge is 0.408 e. The van der Waals surface area contributed by atoms with Crippen LogP contribution in [0.2, 0.25) is 0 Å². The Balaban J connectivity index is 3.32. The van der Waals surface area contributed by atoms with Crippen molar-refractivity contribution in [1.82, 2.24) is 15.5 Å². The fraction of sp³-hybridized carbons (Fsp3) is 0.583. The molecule has 1 rings (SSSR count). The van der Waals surface area contributed by atoms with Crippen LogP contribution in [0.5, 0.6) is 0 Å². The molecule has 2 atom stereocenters. The largest absolute Gasteiger partial charge is 0.468 e. The van der Waals surface area contributed by atoms with Gasteiger partial charge in [-0.25, -0.2) is 4.79 Å². The predicted octanol–water partition coefficient (Wildman–Crippen LogP) is 1.84. The third kappa shape index (κ3) is 9.38. The predicted molar refractivity (Wildman–Crippen MR) is 126 cm³/mol. The third-order valence-corrected chi connectivity index (χ3v) is 4.80. The normalized spacial score (nSPS) is 12.8. The second kappa shape index (κ2) is 13.5. The molecule has 190 valence electrons. The van der Waals surface area contributed by atoms with E-state index >= 15 is 0 Å². The number of alkyl carbamates (subject to hydrolysis) is 1. The van der Waals surface area contributed by atoms with Gasteiger partial charge in [-0.2, -0.15) is 0 Å². The van der Waals surface area contributed by atoms with Crippen LogP contribution in [-0.2, 0) is 23.9 Å². The molecular weight excluding hydrogens is 442 g/mol. The lowest BCUT2D eigenvalue weighted by Gasteiger charge is -2.34. The van der Waals surface area contributed by atoms with E-state index in [1.165, 1.54) is 12.0 Å². The SMILES string of the molecule is CCCCN(C(=O)C(CO)NC(=O)OC(C)(C)C)C(C(=O)NCC(=O)OC)c1ccc(C)cc1. The number of aryl methyl sites for hydroxylation is 1. The first-order chi connectivity index (χ1) is 15.9. The molecular formula is C24H37N3O7. The van der Waals surface area contributed by atoms with Crippen LogP contribution in [0.25, 0.3) is 0 Å². The minimum absolute atomic E-state index is 0.187. The van der Waals surface area contributed by atoms with Gasteiger partial charge in [0.05, 0.1) is 13.7 Å². The lowest BCUT2D eigenvalue weighted by atomic mass is 10.0. The van der Waals surface area contributed by atoms with Crippen LogP contribution >= 0.6 is 0 Å². The second-order valence-electron chi connectivity index (χ2n) is 8.87. The molecule has 0 saturated heterocycles. The highest BCUT2D eigenvalue weighted by atomic mass is 16.6. The summed E-state index contributed by atoms with van der Waals surface area (Å²) in [6.07, 6.45) is 0.442. The van der Waals surface area contributed by atoms with E-state index in [0.717, 1.165) is 12.0 Å². The maximum absolute atomic E-state index is 13.5. The Morgan fingerprint density at radius 1 is 1.12 bits per heavy atom. The van der Waals surface area contributed by atoms with Crippen molar-refractivity contribution >= 4 is 23.9 Å². The van der Waals surface area contributed by atoms with Crippen molar-refractivity contribution in [2.45, 2.75) is 65.1 Å². The number of nitrogens with zero attached hydrogens (tertiary/aromatic N) is 1. The number of nitrogens with one attached hydrogen (secondary N) is 2. The Morgan fingerprint density at radius 3 is 2.24 bits per heavy atom. The number of benzene rings is 1. The molecule has 0 bridgehead atoms. The van der Waals surface area contributed by atoms with E-state index in [1.807, 2.05) is 13.8 Å². The lowest BCUT2D eigenvalue weighted by molar-refractivity contribution is -0.145. The molecule has 1 aromatic rings. The molecule has 0 aliphatic carbocycles. The van der Waals surface area contributed by atoms with Gasteiger partial charge < -0.3 is 30.1 Å². The highest BCUT2D eigenvalue weighted by molar-refractivity contribution is 5.93. The maximum Gasteiger partial charge on any atom is 0.408 e. The van der Waals surface area contributed by atoms with Crippen LogP contribution in [0.4, 0.5) is 4.79 Å². The molecule has 10 nitrogen and oxygen atoms in total. The van der Waals surface area contributed by atoms with Crippen LogP contribution < -0.4 is 10.6 Å². The van der Waals surface area contributed by atoms with Crippen LogP contribution in [0.15, 0.2) is 24.3 Å².